The zero-order valence-corrected chi connectivity index (χ0v) is 18.7. The van der Waals surface area contributed by atoms with E-state index in [4.69, 9.17) is 0 Å². The molecule has 8 heteroatoms. The highest BCUT2D eigenvalue weighted by atomic mass is 32.2. The molecule has 2 amide bonds. The first kappa shape index (κ1) is 22.1. The number of nitrogens with zero attached hydrogens (tertiary/aromatic N) is 3. The van der Waals surface area contributed by atoms with Crippen molar-refractivity contribution in [1.29, 1.82) is 0 Å². The van der Waals surface area contributed by atoms with E-state index < -0.39 is 0 Å². The number of nitrogens with one attached hydrogen (secondary N) is 1. The highest BCUT2D eigenvalue weighted by Crippen LogP contribution is 2.19. The van der Waals surface area contributed by atoms with Crippen molar-refractivity contribution in [3.63, 3.8) is 0 Å². The Morgan fingerprint density at radius 1 is 1.06 bits per heavy atom. The summed E-state index contributed by atoms with van der Waals surface area (Å²) in [6.07, 6.45) is 2.49. The van der Waals surface area contributed by atoms with Crippen molar-refractivity contribution in [2.45, 2.75) is 19.8 Å². The SMILES string of the molecule is CCc1c(C(=O)Nc2ccc(CC(=O)N3CCSCC3)cc2)cnn1-c1ccc(F)cc1. The average Bonchev–Trinajstić information content (AvgIpc) is 3.25. The van der Waals surface area contributed by atoms with E-state index in [1.165, 1.54) is 18.3 Å². The Labute approximate surface area is 190 Å². The van der Waals surface area contributed by atoms with E-state index in [9.17, 15) is 14.0 Å². The summed E-state index contributed by atoms with van der Waals surface area (Å²) in [5.74, 6) is 1.55. The minimum absolute atomic E-state index is 0.142. The fraction of sp³-hybridized carbons (Fsp3) is 0.292. The number of halogens is 1. The number of aromatic nitrogens is 2. The lowest BCUT2D eigenvalue weighted by atomic mass is 10.1. The van der Waals surface area contributed by atoms with Gasteiger partial charge in [-0.1, -0.05) is 19.1 Å². The summed E-state index contributed by atoms with van der Waals surface area (Å²) in [5, 5.41) is 7.23. The molecule has 1 N–H and O–H groups in total. The zero-order chi connectivity index (χ0) is 22.5. The van der Waals surface area contributed by atoms with Gasteiger partial charge in [0.05, 0.1) is 29.6 Å². The zero-order valence-electron chi connectivity index (χ0n) is 17.9. The molecule has 1 aliphatic heterocycles. The first-order chi connectivity index (χ1) is 15.5. The number of amides is 2. The van der Waals surface area contributed by atoms with Crippen LogP contribution in [-0.4, -0.2) is 51.1 Å². The van der Waals surface area contributed by atoms with E-state index in [2.05, 4.69) is 10.4 Å². The second kappa shape index (κ2) is 9.99. The molecule has 0 atom stereocenters. The number of hydrogen-bond donors (Lipinski definition) is 1. The van der Waals surface area contributed by atoms with Crippen LogP contribution in [0.1, 0.15) is 28.5 Å². The third-order valence-corrected chi connectivity index (χ3v) is 6.39. The monoisotopic (exact) mass is 452 g/mol. The first-order valence-electron chi connectivity index (χ1n) is 10.6. The van der Waals surface area contributed by atoms with Gasteiger partial charge in [0.15, 0.2) is 0 Å². The Balaban J connectivity index is 1.42. The van der Waals surface area contributed by atoms with Crippen LogP contribution in [0.2, 0.25) is 0 Å². The summed E-state index contributed by atoms with van der Waals surface area (Å²) in [6, 6.07) is 13.4. The molecule has 0 saturated carbocycles. The highest BCUT2D eigenvalue weighted by Gasteiger charge is 2.19. The van der Waals surface area contributed by atoms with Gasteiger partial charge in [0, 0.05) is 30.3 Å². The largest absolute Gasteiger partial charge is 0.341 e. The molecule has 1 aromatic heterocycles. The normalized spacial score (nSPS) is 13.8. The Bertz CT molecular complexity index is 1090. The molecule has 4 rings (SSSR count). The van der Waals surface area contributed by atoms with Crippen molar-refractivity contribution < 1.29 is 14.0 Å². The number of carbonyl (C=O) groups is 2. The molecule has 3 aromatic rings. The maximum absolute atomic E-state index is 13.2. The van der Waals surface area contributed by atoms with E-state index in [0.29, 0.717) is 29.8 Å². The van der Waals surface area contributed by atoms with Crippen LogP contribution in [0, 0.1) is 5.82 Å². The summed E-state index contributed by atoms with van der Waals surface area (Å²) in [6.45, 7) is 3.56. The van der Waals surface area contributed by atoms with Crippen molar-refractivity contribution in [2.75, 3.05) is 29.9 Å². The van der Waals surface area contributed by atoms with Gasteiger partial charge in [0.1, 0.15) is 5.82 Å². The van der Waals surface area contributed by atoms with Crippen molar-refractivity contribution in [3.8, 4) is 5.69 Å². The molecule has 1 fully saturated rings. The number of rotatable bonds is 6. The van der Waals surface area contributed by atoms with Crippen LogP contribution in [0.25, 0.3) is 5.69 Å². The molecule has 0 unspecified atom stereocenters. The molecule has 0 aliphatic carbocycles. The molecule has 32 heavy (non-hydrogen) atoms. The Hall–Kier alpha value is -3.13. The van der Waals surface area contributed by atoms with E-state index in [1.807, 2.05) is 47.9 Å². The van der Waals surface area contributed by atoms with E-state index in [0.717, 1.165) is 35.9 Å². The minimum Gasteiger partial charge on any atom is -0.341 e. The predicted octanol–water partition coefficient (Wildman–Crippen LogP) is 3.94. The number of anilines is 1. The molecule has 0 bridgehead atoms. The topological polar surface area (TPSA) is 67.2 Å². The van der Waals surface area contributed by atoms with E-state index in [1.54, 1.807) is 16.8 Å². The van der Waals surface area contributed by atoms with Gasteiger partial charge in [0.2, 0.25) is 5.91 Å². The van der Waals surface area contributed by atoms with Gasteiger partial charge in [-0.25, -0.2) is 9.07 Å². The predicted molar refractivity (Wildman–Crippen MR) is 125 cm³/mol. The number of thioether (sulfide) groups is 1. The van der Waals surface area contributed by atoms with Crippen LogP contribution in [0.4, 0.5) is 10.1 Å². The van der Waals surface area contributed by atoms with Gasteiger partial charge >= 0.3 is 0 Å². The van der Waals surface area contributed by atoms with Crippen LogP contribution in [-0.2, 0) is 17.6 Å². The molecule has 2 heterocycles. The van der Waals surface area contributed by atoms with E-state index >= 15 is 0 Å². The molecule has 1 saturated heterocycles. The summed E-state index contributed by atoms with van der Waals surface area (Å²) in [5.41, 5.74) is 3.49. The molecule has 2 aromatic carbocycles. The highest BCUT2D eigenvalue weighted by molar-refractivity contribution is 7.99. The van der Waals surface area contributed by atoms with Crippen LogP contribution >= 0.6 is 11.8 Å². The molecular formula is C24H25FN4O2S. The number of carbonyl (C=O) groups excluding carboxylic acids is 2. The summed E-state index contributed by atoms with van der Waals surface area (Å²) in [4.78, 5) is 27.2. The van der Waals surface area contributed by atoms with Crippen LogP contribution in [0.15, 0.2) is 54.7 Å². The van der Waals surface area contributed by atoms with Gasteiger partial charge in [0.25, 0.3) is 5.91 Å². The number of hydrogen-bond acceptors (Lipinski definition) is 4. The second-order valence-corrected chi connectivity index (χ2v) is 8.79. The Morgan fingerprint density at radius 2 is 1.75 bits per heavy atom. The van der Waals surface area contributed by atoms with Gasteiger partial charge < -0.3 is 10.2 Å². The molecule has 0 spiro atoms. The smallest absolute Gasteiger partial charge is 0.259 e. The lowest BCUT2D eigenvalue weighted by molar-refractivity contribution is -0.130. The van der Waals surface area contributed by atoms with Gasteiger partial charge in [-0.05, 0) is 48.4 Å². The standard InChI is InChI=1S/C24H25FN4O2S/c1-2-22-21(16-26-29(22)20-9-5-18(25)6-10-20)24(31)27-19-7-3-17(4-8-19)15-23(30)28-11-13-32-14-12-28/h3-10,16H,2,11-15H2,1H3,(H,27,31). The molecule has 0 radical (unpaired) electrons. The minimum atomic E-state index is -0.322. The molecule has 166 valence electrons. The quantitative estimate of drug-likeness (QED) is 0.615. The first-order valence-corrected chi connectivity index (χ1v) is 11.8. The second-order valence-electron chi connectivity index (χ2n) is 7.57. The Kier molecular flexibility index (Phi) is 6.90. The summed E-state index contributed by atoms with van der Waals surface area (Å²) >= 11 is 1.88. The molecular weight excluding hydrogens is 427 g/mol. The van der Waals surface area contributed by atoms with E-state index in [-0.39, 0.29) is 17.6 Å². The lowest BCUT2D eigenvalue weighted by Gasteiger charge is -2.26. The van der Waals surface area contributed by atoms with Crippen molar-refractivity contribution in [1.82, 2.24) is 14.7 Å². The van der Waals surface area contributed by atoms with Crippen LogP contribution in [0.3, 0.4) is 0 Å². The fourth-order valence-electron chi connectivity index (χ4n) is 3.71. The summed E-state index contributed by atoms with van der Waals surface area (Å²) in [7, 11) is 0. The van der Waals surface area contributed by atoms with Crippen molar-refractivity contribution in [3.05, 3.63) is 77.4 Å². The third-order valence-electron chi connectivity index (χ3n) is 5.45. The number of benzene rings is 2. The third kappa shape index (κ3) is 5.02. The lowest BCUT2D eigenvalue weighted by Crippen LogP contribution is -2.38. The Morgan fingerprint density at radius 3 is 2.41 bits per heavy atom. The summed E-state index contributed by atoms with van der Waals surface area (Å²) < 4.78 is 14.9. The maximum atomic E-state index is 13.2. The van der Waals surface area contributed by atoms with Crippen LogP contribution < -0.4 is 5.32 Å². The van der Waals surface area contributed by atoms with Crippen molar-refractivity contribution in [2.24, 2.45) is 0 Å². The van der Waals surface area contributed by atoms with Gasteiger partial charge in [-0.15, -0.1) is 0 Å². The fourth-order valence-corrected chi connectivity index (χ4v) is 4.62. The van der Waals surface area contributed by atoms with Crippen LogP contribution in [0.5, 0.6) is 0 Å². The van der Waals surface area contributed by atoms with Crippen molar-refractivity contribution >= 4 is 29.3 Å². The maximum Gasteiger partial charge on any atom is 0.259 e. The molecule has 6 nitrogen and oxygen atoms in total. The van der Waals surface area contributed by atoms with Gasteiger partial charge in [-0.2, -0.15) is 16.9 Å². The van der Waals surface area contributed by atoms with Gasteiger partial charge in [-0.3, -0.25) is 9.59 Å². The molecule has 1 aliphatic rings. The average molecular weight is 453 g/mol.